The Morgan fingerprint density at radius 3 is 2.19 bits per heavy atom. The second-order valence-corrected chi connectivity index (χ2v) is 6.86. The molecule has 0 aliphatic carbocycles. The predicted molar refractivity (Wildman–Crippen MR) is 100 cm³/mol. The van der Waals surface area contributed by atoms with Crippen LogP contribution in [-0.2, 0) is 13.2 Å². The van der Waals surface area contributed by atoms with E-state index in [2.05, 4.69) is 27.7 Å². The van der Waals surface area contributed by atoms with Gasteiger partial charge in [-0.3, -0.25) is 9.48 Å². The van der Waals surface area contributed by atoms with E-state index >= 15 is 0 Å². The third-order valence-corrected chi connectivity index (χ3v) is 4.62. The van der Waals surface area contributed by atoms with E-state index in [0.29, 0.717) is 11.1 Å². The molecule has 1 aromatic heterocycles. The Bertz CT molecular complexity index is 978. The molecule has 134 valence electrons. The number of benzene rings is 2. The summed E-state index contributed by atoms with van der Waals surface area (Å²) in [6, 6.07) is 14.4. The molecule has 0 atom stereocenters. The number of nitrogens with two attached hydrogens (primary N) is 1. The Morgan fingerprint density at radius 1 is 1.08 bits per heavy atom. The molecule has 0 saturated carbocycles. The highest BCUT2D eigenvalue weighted by Crippen LogP contribution is 2.39. The van der Waals surface area contributed by atoms with Crippen LogP contribution in [0.3, 0.4) is 0 Å². The van der Waals surface area contributed by atoms with Gasteiger partial charge in [-0.25, -0.2) is 0 Å². The zero-order valence-corrected chi connectivity index (χ0v) is 15.7. The minimum atomic E-state index is -4.78. The maximum absolute atomic E-state index is 13.3. The minimum Gasteiger partial charge on any atom is -0.365 e. The predicted octanol–water partition coefficient (Wildman–Crippen LogP) is 4.48. The third kappa shape index (κ3) is 3.33. The summed E-state index contributed by atoms with van der Waals surface area (Å²) in [4.78, 5) is 11.8. The highest BCUT2D eigenvalue weighted by Gasteiger charge is 2.41. The van der Waals surface area contributed by atoms with Gasteiger partial charge in [-0.2, -0.15) is 18.3 Å². The van der Waals surface area contributed by atoms with Gasteiger partial charge in [0.1, 0.15) is 0 Å². The first kappa shape index (κ1) is 18.4. The van der Waals surface area contributed by atoms with Gasteiger partial charge in [0.15, 0.2) is 5.69 Å². The first-order valence-corrected chi connectivity index (χ1v) is 8.57. The molecular weight excluding hydrogens is 458 g/mol. The lowest BCUT2D eigenvalue weighted by molar-refractivity contribution is -0.141. The van der Waals surface area contributed by atoms with E-state index in [-0.39, 0.29) is 5.69 Å². The molecule has 2 aromatic carbocycles. The minimum absolute atomic E-state index is 0.0407. The highest BCUT2D eigenvalue weighted by molar-refractivity contribution is 14.1. The number of nitrogens with zero attached hydrogens (tertiary/aromatic N) is 2. The van der Waals surface area contributed by atoms with Crippen LogP contribution in [0.2, 0.25) is 0 Å². The summed E-state index contributed by atoms with van der Waals surface area (Å²) >= 11 is 2.17. The maximum Gasteiger partial charge on any atom is 0.435 e. The number of rotatable bonds is 3. The van der Waals surface area contributed by atoms with E-state index < -0.39 is 23.3 Å². The van der Waals surface area contributed by atoms with Crippen molar-refractivity contribution in [2.24, 2.45) is 12.8 Å². The van der Waals surface area contributed by atoms with Crippen LogP contribution < -0.4 is 5.73 Å². The number of carbonyl (C=O) groups is 1. The molecule has 4 nitrogen and oxygen atoms in total. The molecule has 26 heavy (non-hydrogen) atoms. The summed E-state index contributed by atoms with van der Waals surface area (Å²) in [5, 5.41) is 3.52. The van der Waals surface area contributed by atoms with Crippen molar-refractivity contribution in [1.82, 2.24) is 9.78 Å². The second-order valence-electron chi connectivity index (χ2n) is 5.61. The van der Waals surface area contributed by atoms with Crippen molar-refractivity contribution >= 4 is 28.5 Å². The fourth-order valence-electron chi connectivity index (χ4n) is 2.84. The zero-order valence-electron chi connectivity index (χ0n) is 13.5. The summed E-state index contributed by atoms with van der Waals surface area (Å²) in [7, 11) is 1.36. The van der Waals surface area contributed by atoms with Gasteiger partial charge in [-0.05, 0) is 45.9 Å². The number of amides is 1. The van der Waals surface area contributed by atoms with Gasteiger partial charge in [0, 0.05) is 16.2 Å². The normalized spacial score (nSPS) is 11.6. The number of carbonyl (C=O) groups excluding carboxylic acids is 1. The van der Waals surface area contributed by atoms with Crippen LogP contribution in [0.25, 0.3) is 22.4 Å². The topological polar surface area (TPSA) is 60.9 Å². The van der Waals surface area contributed by atoms with Gasteiger partial charge in [0.2, 0.25) is 0 Å². The Labute approximate surface area is 161 Å². The van der Waals surface area contributed by atoms with E-state index in [0.717, 1.165) is 13.8 Å². The van der Waals surface area contributed by atoms with Crippen LogP contribution >= 0.6 is 22.6 Å². The monoisotopic (exact) mass is 471 g/mol. The fourth-order valence-corrected chi connectivity index (χ4v) is 3.20. The largest absolute Gasteiger partial charge is 0.435 e. The van der Waals surface area contributed by atoms with Crippen molar-refractivity contribution in [3.63, 3.8) is 0 Å². The lowest BCUT2D eigenvalue weighted by Gasteiger charge is -2.12. The molecule has 1 heterocycles. The summed E-state index contributed by atoms with van der Waals surface area (Å²) in [5.41, 5.74) is 5.36. The van der Waals surface area contributed by atoms with E-state index in [1.165, 1.54) is 7.05 Å². The molecule has 0 saturated heterocycles. The number of hydrogen-bond donors (Lipinski definition) is 1. The maximum atomic E-state index is 13.3. The first-order valence-electron chi connectivity index (χ1n) is 7.49. The summed E-state index contributed by atoms with van der Waals surface area (Å²) in [6.07, 6.45) is -4.78. The molecule has 0 bridgehead atoms. The van der Waals surface area contributed by atoms with Crippen LogP contribution in [0.5, 0.6) is 0 Å². The van der Waals surface area contributed by atoms with Crippen LogP contribution in [0, 0.1) is 3.57 Å². The van der Waals surface area contributed by atoms with Crippen LogP contribution in [0.1, 0.15) is 16.1 Å². The van der Waals surface area contributed by atoms with E-state index in [1.807, 2.05) is 24.3 Å². The zero-order chi connectivity index (χ0) is 19.1. The lowest BCUT2D eigenvalue weighted by atomic mass is 9.95. The Balaban J connectivity index is 2.31. The number of aromatic nitrogens is 2. The number of hydrogen-bond acceptors (Lipinski definition) is 2. The summed E-state index contributed by atoms with van der Waals surface area (Å²) < 4.78 is 42.0. The van der Waals surface area contributed by atoms with E-state index in [4.69, 9.17) is 5.73 Å². The second kappa shape index (κ2) is 6.75. The van der Waals surface area contributed by atoms with Crippen molar-refractivity contribution < 1.29 is 18.0 Å². The van der Waals surface area contributed by atoms with Gasteiger partial charge >= 0.3 is 6.18 Å². The van der Waals surface area contributed by atoms with Crippen LogP contribution in [0.15, 0.2) is 48.5 Å². The number of primary amides is 1. The average Bonchev–Trinajstić information content (AvgIpc) is 2.93. The smallest absolute Gasteiger partial charge is 0.365 e. The van der Waals surface area contributed by atoms with Gasteiger partial charge in [0.05, 0.1) is 11.3 Å². The van der Waals surface area contributed by atoms with Crippen molar-refractivity contribution in [2.45, 2.75) is 6.18 Å². The molecule has 2 N–H and O–H groups in total. The van der Waals surface area contributed by atoms with Crippen LogP contribution in [-0.4, -0.2) is 15.7 Å². The third-order valence-electron chi connectivity index (χ3n) is 3.90. The van der Waals surface area contributed by atoms with Crippen molar-refractivity contribution in [2.75, 3.05) is 0 Å². The highest BCUT2D eigenvalue weighted by atomic mass is 127. The number of alkyl halides is 3. The summed E-state index contributed by atoms with van der Waals surface area (Å²) in [6.45, 7) is 0. The van der Waals surface area contributed by atoms with E-state index in [9.17, 15) is 18.0 Å². The standard InChI is InChI=1S/C18H13F3IN3O/c1-25-15(14(17(23)26)16(24-25)18(19,20)21)13-5-3-2-4-12(13)10-6-8-11(22)9-7-10/h2-9H,1H3,(H2,23,26). The molecule has 0 fully saturated rings. The summed E-state index contributed by atoms with van der Waals surface area (Å²) in [5.74, 6) is -1.17. The molecule has 3 aromatic rings. The van der Waals surface area contributed by atoms with Gasteiger partial charge in [-0.15, -0.1) is 0 Å². The average molecular weight is 471 g/mol. The van der Waals surface area contributed by atoms with E-state index in [1.54, 1.807) is 24.3 Å². The van der Waals surface area contributed by atoms with Crippen molar-refractivity contribution in [1.29, 1.82) is 0 Å². The molecular formula is C18H13F3IN3O. The molecule has 0 aliphatic heterocycles. The van der Waals surface area contributed by atoms with Gasteiger partial charge in [-0.1, -0.05) is 36.4 Å². The SMILES string of the molecule is Cn1nc(C(F)(F)F)c(C(N)=O)c1-c1ccccc1-c1ccc(I)cc1. The Hall–Kier alpha value is -2.36. The molecule has 1 amide bonds. The number of aryl methyl sites for hydroxylation is 1. The molecule has 3 rings (SSSR count). The number of halogens is 4. The molecule has 0 radical (unpaired) electrons. The Morgan fingerprint density at radius 2 is 1.65 bits per heavy atom. The molecule has 8 heteroatoms. The van der Waals surface area contributed by atoms with Gasteiger partial charge in [0.25, 0.3) is 5.91 Å². The van der Waals surface area contributed by atoms with Crippen molar-refractivity contribution in [3.05, 3.63) is 63.4 Å². The molecule has 0 aliphatic rings. The lowest BCUT2D eigenvalue weighted by Crippen LogP contribution is -2.18. The van der Waals surface area contributed by atoms with Gasteiger partial charge < -0.3 is 5.73 Å². The first-order chi connectivity index (χ1) is 12.2. The fraction of sp³-hybridized carbons (Fsp3) is 0.111. The quantitative estimate of drug-likeness (QED) is 0.573. The molecule has 0 unspecified atom stereocenters. The van der Waals surface area contributed by atoms with Crippen molar-refractivity contribution in [3.8, 4) is 22.4 Å². The van der Waals surface area contributed by atoms with Crippen LogP contribution in [0.4, 0.5) is 13.2 Å². The Kier molecular flexibility index (Phi) is 4.78. The molecule has 0 spiro atoms.